The minimum Gasteiger partial charge on any atom is -0.466 e. The smallest absolute Gasteiger partial charge is 0.313 e. The van der Waals surface area contributed by atoms with Gasteiger partial charge in [-0.1, -0.05) is 12.1 Å². The largest absolute Gasteiger partial charge is 0.466 e. The van der Waals surface area contributed by atoms with E-state index in [-0.39, 0.29) is 18.8 Å². The highest BCUT2D eigenvalue weighted by atomic mass is 79.9. The molecule has 0 aliphatic rings. The molecule has 0 unspecified atom stereocenters. The fourth-order valence-electron chi connectivity index (χ4n) is 1.16. The van der Waals surface area contributed by atoms with Gasteiger partial charge in [0.1, 0.15) is 6.42 Å². The van der Waals surface area contributed by atoms with Crippen molar-refractivity contribution in [1.29, 1.82) is 0 Å². The summed E-state index contributed by atoms with van der Waals surface area (Å²) in [4.78, 5) is 22.9. The Morgan fingerprint density at radius 1 is 1.31 bits per heavy atom. The monoisotopic (exact) mass is 348 g/mol. The highest BCUT2D eigenvalue weighted by Crippen LogP contribution is 2.27. The zero-order valence-electron chi connectivity index (χ0n) is 8.63. The van der Waals surface area contributed by atoms with E-state index in [2.05, 4.69) is 31.9 Å². The van der Waals surface area contributed by atoms with Gasteiger partial charge < -0.3 is 4.74 Å². The summed E-state index contributed by atoms with van der Waals surface area (Å²) in [6.45, 7) is 1.99. The van der Waals surface area contributed by atoms with Crippen molar-refractivity contribution in [3.05, 3.63) is 32.7 Å². The summed E-state index contributed by atoms with van der Waals surface area (Å²) in [6.07, 6.45) is -0.233. The van der Waals surface area contributed by atoms with Gasteiger partial charge in [0, 0.05) is 14.5 Å². The summed E-state index contributed by atoms with van der Waals surface area (Å²) >= 11 is 6.59. The number of halogens is 2. The average Bonchev–Trinajstić information content (AvgIpc) is 2.22. The maximum atomic E-state index is 11.8. The number of hydrogen-bond donors (Lipinski definition) is 0. The van der Waals surface area contributed by atoms with Crippen molar-refractivity contribution in [2.45, 2.75) is 13.3 Å². The van der Waals surface area contributed by atoms with Crippen molar-refractivity contribution in [2.24, 2.45) is 0 Å². The van der Waals surface area contributed by atoms with Crippen LogP contribution in [0.2, 0.25) is 0 Å². The van der Waals surface area contributed by atoms with Crippen LogP contribution in [-0.4, -0.2) is 18.4 Å². The van der Waals surface area contributed by atoms with E-state index >= 15 is 0 Å². The van der Waals surface area contributed by atoms with Gasteiger partial charge in [-0.2, -0.15) is 0 Å². The van der Waals surface area contributed by atoms with Gasteiger partial charge in [0.15, 0.2) is 5.78 Å². The molecule has 0 bridgehead atoms. The molecule has 0 fully saturated rings. The van der Waals surface area contributed by atoms with E-state index in [1.165, 1.54) is 0 Å². The molecular weight excluding hydrogens is 340 g/mol. The zero-order chi connectivity index (χ0) is 12.1. The Kier molecular flexibility index (Phi) is 5.15. The van der Waals surface area contributed by atoms with E-state index in [9.17, 15) is 9.59 Å². The molecule has 86 valence electrons. The third kappa shape index (κ3) is 3.42. The van der Waals surface area contributed by atoms with Gasteiger partial charge in [-0.25, -0.2) is 0 Å². The number of esters is 1. The maximum absolute atomic E-state index is 11.8. The van der Waals surface area contributed by atoms with Crippen LogP contribution in [0.4, 0.5) is 0 Å². The lowest BCUT2D eigenvalue weighted by Crippen LogP contribution is -2.11. The van der Waals surface area contributed by atoms with Crippen LogP contribution < -0.4 is 0 Å². The normalized spacial score (nSPS) is 9.94. The highest BCUT2D eigenvalue weighted by molar-refractivity contribution is 9.13. The molecule has 0 aliphatic heterocycles. The highest BCUT2D eigenvalue weighted by Gasteiger charge is 2.16. The van der Waals surface area contributed by atoms with Crippen LogP contribution in [0, 0.1) is 0 Å². The van der Waals surface area contributed by atoms with E-state index in [4.69, 9.17) is 4.74 Å². The van der Waals surface area contributed by atoms with Crippen molar-refractivity contribution >= 4 is 43.6 Å². The summed E-state index contributed by atoms with van der Waals surface area (Å²) in [5, 5.41) is 0. The fraction of sp³-hybridized carbons (Fsp3) is 0.273. The van der Waals surface area contributed by atoms with Crippen LogP contribution in [0.1, 0.15) is 23.7 Å². The van der Waals surface area contributed by atoms with Gasteiger partial charge in [-0.3, -0.25) is 9.59 Å². The second-order valence-corrected chi connectivity index (χ2v) is 4.65. The Morgan fingerprint density at radius 2 is 2.00 bits per heavy atom. The van der Waals surface area contributed by atoms with Crippen LogP contribution in [0.15, 0.2) is 27.1 Å². The Hall–Kier alpha value is -0.680. The average molecular weight is 350 g/mol. The number of rotatable bonds is 4. The topological polar surface area (TPSA) is 43.4 Å². The number of ketones is 1. The van der Waals surface area contributed by atoms with Gasteiger partial charge in [0.25, 0.3) is 0 Å². The lowest BCUT2D eigenvalue weighted by atomic mass is 10.1. The summed E-state index contributed by atoms with van der Waals surface area (Å²) in [7, 11) is 0. The minimum atomic E-state index is -0.501. The number of benzene rings is 1. The van der Waals surface area contributed by atoms with Gasteiger partial charge in [-0.05, 0) is 44.8 Å². The summed E-state index contributed by atoms with van der Waals surface area (Å²) < 4.78 is 6.15. The van der Waals surface area contributed by atoms with Crippen molar-refractivity contribution < 1.29 is 14.3 Å². The summed E-state index contributed by atoms with van der Waals surface area (Å²) in [5.41, 5.74) is 0.474. The van der Waals surface area contributed by atoms with E-state index in [0.29, 0.717) is 10.0 Å². The molecule has 1 aromatic rings. The van der Waals surface area contributed by atoms with E-state index in [1.54, 1.807) is 19.1 Å². The van der Waals surface area contributed by atoms with Crippen LogP contribution in [0.25, 0.3) is 0 Å². The SMILES string of the molecule is CCOC(=O)CC(=O)c1cccc(Br)c1Br. The summed E-state index contributed by atoms with van der Waals surface area (Å²) in [5.74, 6) is -0.758. The number of hydrogen-bond acceptors (Lipinski definition) is 3. The van der Waals surface area contributed by atoms with Gasteiger partial charge >= 0.3 is 5.97 Å². The molecule has 3 nitrogen and oxygen atoms in total. The van der Waals surface area contributed by atoms with E-state index in [0.717, 1.165) is 4.47 Å². The van der Waals surface area contributed by atoms with Gasteiger partial charge in [-0.15, -0.1) is 0 Å². The number of ether oxygens (including phenoxy) is 1. The molecule has 5 heteroatoms. The molecule has 0 spiro atoms. The Morgan fingerprint density at radius 3 is 2.62 bits per heavy atom. The minimum absolute atomic E-state index is 0.233. The molecule has 1 aromatic carbocycles. The fourth-order valence-corrected chi connectivity index (χ4v) is 2.01. The Labute approximate surface area is 110 Å². The predicted molar refractivity (Wildman–Crippen MR) is 67.4 cm³/mol. The first kappa shape index (κ1) is 13.4. The Balaban J connectivity index is 2.81. The lowest BCUT2D eigenvalue weighted by Gasteiger charge is -2.05. The molecule has 0 radical (unpaired) electrons. The predicted octanol–water partition coefficient (Wildman–Crippen LogP) is 3.35. The molecule has 16 heavy (non-hydrogen) atoms. The first-order valence-electron chi connectivity index (χ1n) is 4.69. The quantitative estimate of drug-likeness (QED) is 0.475. The van der Waals surface area contributed by atoms with Crippen LogP contribution in [-0.2, 0) is 9.53 Å². The summed E-state index contributed by atoms with van der Waals surface area (Å²) in [6, 6.07) is 5.22. The van der Waals surface area contributed by atoms with Crippen molar-refractivity contribution in [1.82, 2.24) is 0 Å². The van der Waals surface area contributed by atoms with Crippen LogP contribution in [0.5, 0.6) is 0 Å². The molecule has 0 aliphatic carbocycles. The standard InChI is InChI=1S/C11H10Br2O3/c1-2-16-10(15)6-9(14)7-4-3-5-8(12)11(7)13/h3-5H,2,6H2,1H3. The third-order valence-corrected chi connectivity index (χ3v) is 3.91. The molecule has 1 rings (SSSR count). The molecule has 0 saturated heterocycles. The second kappa shape index (κ2) is 6.15. The molecule has 0 amide bonds. The molecule has 0 aromatic heterocycles. The van der Waals surface area contributed by atoms with Crippen molar-refractivity contribution in [2.75, 3.05) is 6.61 Å². The van der Waals surface area contributed by atoms with Crippen molar-refractivity contribution in [3.8, 4) is 0 Å². The molecule has 0 saturated carbocycles. The van der Waals surface area contributed by atoms with Crippen molar-refractivity contribution in [3.63, 3.8) is 0 Å². The Bertz CT molecular complexity index is 416. The lowest BCUT2D eigenvalue weighted by molar-refractivity contribution is -0.141. The number of Topliss-reactive ketones (excluding diaryl/α,β-unsaturated/α-hetero) is 1. The van der Waals surface area contributed by atoms with Crippen LogP contribution in [0.3, 0.4) is 0 Å². The van der Waals surface area contributed by atoms with Gasteiger partial charge in [0.05, 0.1) is 6.61 Å². The first-order chi connectivity index (χ1) is 7.56. The maximum Gasteiger partial charge on any atom is 0.313 e. The molecule has 0 atom stereocenters. The molecule has 0 N–H and O–H groups in total. The van der Waals surface area contributed by atoms with E-state index in [1.807, 2.05) is 6.07 Å². The molecule has 0 heterocycles. The third-order valence-electron chi connectivity index (χ3n) is 1.86. The van der Waals surface area contributed by atoms with Gasteiger partial charge in [0.2, 0.25) is 0 Å². The van der Waals surface area contributed by atoms with Crippen LogP contribution >= 0.6 is 31.9 Å². The zero-order valence-corrected chi connectivity index (χ0v) is 11.8. The number of carbonyl (C=O) groups is 2. The first-order valence-corrected chi connectivity index (χ1v) is 6.27. The number of carbonyl (C=O) groups excluding carboxylic acids is 2. The second-order valence-electron chi connectivity index (χ2n) is 3.01. The van der Waals surface area contributed by atoms with E-state index < -0.39 is 5.97 Å². The molecular formula is C11H10Br2O3.